The van der Waals surface area contributed by atoms with Gasteiger partial charge >= 0.3 is 0 Å². The third-order valence-corrected chi connectivity index (χ3v) is 3.46. The van der Waals surface area contributed by atoms with Gasteiger partial charge in [0.05, 0.1) is 19.6 Å². The topological polar surface area (TPSA) is 38.3 Å². The Balaban J connectivity index is 2.04. The van der Waals surface area contributed by atoms with E-state index in [9.17, 15) is 4.79 Å². The molecule has 110 valence electrons. The fraction of sp³-hybridized carbons (Fsp3) is 0.278. The van der Waals surface area contributed by atoms with Crippen molar-refractivity contribution in [2.24, 2.45) is 0 Å². The maximum Gasteiger partial charge on any atom is 0.225 e. The van der Waals surface area contributed by atoms with Gasteiger partial charge in [-0.25, -0.2) is 0 Å². The second kappa shape index (κ2) is 6.93. The largest absolute Gasteiger partial charge is 0.496 e. The predicted molar refractivity (Wildman–Crippen MR) is 84.4 cm³/mol. The standard InChI is InChI=1S/C18H21NO2/c1-13-9-10-17(21-3)16(11-13)12-18(20)19-14(2)15-7-5-4-6-8-15/h4-11,14H,12H2,1-3H3,(H,19,20)/t14-/m1/s1. The second-order valence-electron chi connectivity index (χ2n) is 5.19. The van der Waals surface area contributed by atoms with Gasteiger partial charge in [0.15, 0.2) is 0 Å². The number of ether oxygens (including phenoxy) is 1. The van der Waals surface area contributed by atoms with Crippen LogP contribution in [0.4, 0.5) is 0 Å². The van der Waals surface area contributed by atoms with E-state index >= 15 is 0 Å². The van der Waals surface area contributed by atoms with Crippen LogP contribution in [0.5, 0.6) is 5.75 Å². The van der Waals surface area contributed by atoms with Crippen molar-refractivity contribution in [3.63, 3.8) is 0 Å². The average Bonchev–Trinajstić information content (AvgIpc) is 2.48. The third kappa shape index (κ3) is 4.09. The van der Waals surface area contributed by atoms with E-state index in [0.29, 0.717) is 6.42 Å². The molecule has 0 saturated carbocycles. The zero-order valence-electron chi connectivity index (χ0n) is 12.7. The molecule has 1 amide bonds. The van der Waals surface area contributed by atoms with E-state index in [1.54, 1.807) is 7.11 Å². The summed E-state index contributed by atoms with van der Waals surface area (Å²) in [6.45, 7) is 3.99. The molecule has 0 aliphatic rings. The van der Waals surface area contributed by atoms with E-state index in [-0.39, 0.29) is 11.9 Å². The summed E-state index contributed by atoms with van der Waals surface area (Å²) in [5, 5.41) is 3.02. The lowest BCUT2D eigenvalue weighted by atomic mass is 10.1. The Bertz CT molecular complexity index is 608. The predicted octanol–water partition coefficient (Wildman–Crippen LogP) is 3.42. The molecule has 0 aliphatic carbocycles. The third-order valence-electron chi connectivity index (χ3n) is 3.46. The Kier molecular flexibility index (Phi) is 4.99. The second-order valence-corrected chi connectivity index (χ2v) is 5.19. The first-order valence-electron chi connectivity index (χ1n) is 7.08. The summed E-state index contributed by atoms with van der Waals surface area (Å²) in [5.41, 5.74) is 3.13. The van der Waals surface area contributed by atoms with Crippen molar-refractivity contribution in [2.45, 2.75) is 26.3 Å². The number of nitrogens with one attached hydrogen (secondary N) is 1. The number of methoxy groups -OCH3 is 1. The summed E-state index contributed by atoms with van der Waals surface area (Å²) in [5.74, 6) is 0.748. The number of carbonyl (C=O) groups is 1. The molecular formula is C18H21NO2. The zero-order chi connectivity index (χ0) is 15.2. The summed E-state index contributed by atoms with van der Waals surface area (Å²) < 4.78 is 5.31. The van der Waals surface area contributed by atoms with E-state index < -0.39 is 0 Å². The van der Waals surface area contributed by atoms with Gasteiger partial charge < -0.3 is 10.1 Å². The molecule has 0 bridgehead atoms. The minimum absolute atomic E-state index is 0.00440. The summed E-state index contributed by atoms with van der Waals surface area (Å²) in [6, 6.07) is 15.8. The normalized spacial score (nSPS) is 11.8. The minimum Gasteiger partial charge on any atom is -0.496 e. The van der Waals surface area contributed by atoms with Gasteiger partial charge in [0.1, 0.15) is 5.75 Å². The van der Waals surface area contributed by atoms with Gasteiger partial charge in [-0.3, -0.25) is 4.79 Å². The summed E-state index contributed by atoms with van der Waals surface area (Å²) in [7, 11) is 1.62. The molecule has 0 radical (unpaired) electrons. The average molecular weight is 283 g/mol. The lowest BCUT2D eigenvalue weighted by molar-refractivity contribution is -0.121. The number of carbonyl (C=O) groups excluding carboxylic acids is 1. The number of hydrogen-bond acceptors (Lipinski definition) is 2. The highest BCUT2D eigenvalue weighted by Gasteiger charge is 2.12. The maximum absolute atomic E-state index is 12.2. The van der Waals surface area contributed by atoms with Crippen LogP contribution in [0.15, 0.2) is 48.5 Å². The first-order valence-corrected chi connectivity index (χ1v) is 7.08. The molecule has 0 aromatic heterocycles. The van der Waals surface area contributed by atoms with Crippen LogP contribution in [0.25, 0.3) is 0 Å². The Morgan fingerprint density at radius 3 is 2.57 bits per heavy atom. The van der Waals surface area contributed by atoms with E-state index in [0.717, 1.165) is 22.4 Å². The van der Waals surface area contributed by atoms with Crippen molar-refractivity contribution < 1.29 is 9.53 Å². The molecule has 2 rings (SSSR count). The van der Waals surface area contributed by atoms with Gasteiger partial charge in [-0.05, 0) is 25.5 Å². The molecule has 2 aromatic rings. The lowest BCUT2D eigenvalue weighted by Crippen LogP contribution is -2.28. The fourth-order valence-electron chi connectivity index (χ4n) is 2.34. The Labute approximate surface area is 126 Å². The highest BCUT2D eigenvalue weighted by Crippen LogP contribution is 2.20. The molecule has 0 fully saturated rings. The van der Waals surface area contributed by atoms with Crippen molar-refractivity contribution in [1.29, 1.82) is 0 Å². The van der Waals surface area contributed by atoms with Crippen LogP contribution in [-0.2, 0) is 11.2 Å². The number of rotatable bonds is 5. The van der Waals surface area contributed by atoms with Gasteiger partial charge in [-0.2, -0.15) is 0 Å². The van der Waals surface area contributed by atoms with Crippen LogP contribution in [0.3, 0.4) is 0 Å². The first-order chi connectivity index (χ1) is 10.1. The molecule has 0 heterocycles. The fourth-order valence-corrected chi connectivity index (χ4v) is 2.34. The van der Waals surface area contributed by atoms with Gasteiger partial charge in [-0.1, -0.05) is 48.0 Å². The number of benzene rings is 2. The van der Waals surface area contributed by atoms with Crippen molar-refractivity contribution in [3.8, 4) is 5.75 Å². The Hall–Kier alpha value is -2.29. The summed E-state index contributed by atoms with van der Waals surface area (Å²) in [4.78, 5) is 12.2. The van der Waals surface area contributed by atoms with Crippen molar-refractivity contribution in [3.05, 3.63) is 65.2 Å². The molecule has 3 heteroatoms. The smallest absolute Gasteiger partial charge is 0.225 e. The van der Waals surface area contributed by atoms with Crippen molar-refractivity contribution >= 4 is 5.91 Å². The SMILES string of the molecule is COc1ccc(C)cc1CC(=O)N[C@H](C)c1ccccc1. The lowest BCUT2D eigenvalue weighted by Gasteiger charge is -2.15. The molecule has 1 N–H and O–H groups in total. The van der Waals surface area contributed by atoms with Crippen LogP contribution in [0.1, 0.15) is 29.7 Å². The summed E-state index contributed by atoms with van der Waals surface area (Å²) >= 11 is 0. The number of hydrogen-bond donors (Lipinski definition) is 1. The Morgan fingerprint density at radius 2 is 1.90 bits per heavy atom. The minimum atomic E-state index is -0.00509. The highest BCUT2D eigenvalue weighted by atomic mass is 16.5. The molecule has 0 aliphatic heterocycles. The molecule has 1 atom stereocenters. The highest BCUT2D eigenvalue weighted by molar-refractivity contribution is 5.79. The van der Waals surface area contributed by atoms with Gasteiger partial charge in [0.25, 0.3) is 0 Å². The first kappa shape index (κ1) is 15.1. The van der Waals surface area contributed by atoms with Crippen LogP contribution in [0.2, 0.25) is 0 Å². The van der Waals surface area contributed by atoms with E-state index in [1.165, 1.54) is 0 Å². The van der Waals surface area contributed by atoms with Gasteiger partial charge in [-0.15, -0.1) is 0 Å². The van der Waals surface area contributed by atoms with E-state index in [2.05, 4.69) is 5.32 Å². The van der Waals surface area contributed by atoms with E-state index in [1.807, 2.05) is 62.4 Å². The number of aryl methyl sites for hydroxylation is 1. The molecule has 3 nitrogen and oxygen atoms in total. The van der Waals surface area contributed by atoms with Crippen LogP contribution in [-0.4, -0.2) is 13.0 Å². The molecule has 0 spiro atoms. The molecule has 0 unspecified atom stereocenters. The molecule has 2 aromatic carbocycles. The molecule has 21 heavy (non-hydrogen) atoms. The summed E-state index contributed by atoms with van der Waals surface area (Å²) in [6.07, 6.45) is 0.321. The van der Waals surface area contributed by atoms with Crippen LogP contribution < -0.4 is 10.1 Å². The maximum atomic E-state index is 12.2. The monoisotopic (exact) mass is 283 g/mol. The van der Waals surface area contributed by atoms with Crippen molar-refractivity contribution in [1.82, 2.24) is 5.32 Å². The Morgan fingerprint density at radius 1 is 1.19 bits per heavy atom. The van der Waals surface area contributed by atoms with Crippen LogP contribution >= 0.6 is 0 Å². The van der Waals surface area contributed by atoms with E-state index in [4.69, 9.17) is 4.74 Å². The van der Waals surface area contributed by atoms with Crippen LogP contribution in [0, 0.1) is 6.92 Å². The van der Waals surface area contributed by atoms with Gasteiger partial charge in [0.2, 0.25) is 5.91 Å². The number of amides is 1. The quantitative estimate of drug-likeness (QED) is 0.913. The van der Waals surface area contributed by atoms with Gasteiger partial charge in [0, 0.05) is 5.56 Å². The zero-order valence-corrected chi connectivity index (χ0v) is 12.7. The van der Waals surface area contributed by atoms with Crippen molar-refractivity contribution in [2.75, 3.05) is 7.11 Å². The molecular weight excluding hydrogens is 262 g/mol. The molecule has 0 saturated heterocycles.